The lowest BCUT2D eigenvalue weighted by molar-refractivity contribution is -0.275. The molecule has 0 aliphatic rings. The monoisotopic (exact) mass is 346 g/mol. The summed E-state index contributed by atoms with van der Waals surface area (Å²) in [5.74, 6) is 4.59. The molecule has 0 unspecified atom stereocenters. The van der Waals surface area contributed by atoms with Gasteiger partial charge in [0.1, 0.15) is 11.5 Å². The Labute approximate surface area is 132 Å². The van der Waals surface area contributed by atoms with Crippen molar-refractivity contribution in [2.75, 3.05) is 0 Å². The molecule has 0 heterocycles. The Morgan fingerprint density at radius 2 is 0.833 bits per heavy atom. The number of hydrogen-bond donors (Lipinski definition) is 0. The van der Waals surface area contributed by atoms with Crippen LogP contribution in [0.2, 0.25) is 0 Å². The van der Waals surface area contributed by atoms with Crippen molar-refractivity contribution < 1.29 is 35.8 Å². The molecule has 2 nitrogen and oxygen atoms in total. The molecular weight excluding hydrogens is 338 g/mol. The maximum atomic E-state index is 12.0. The summed E-state index contributed by atoms with van der Waals surface area (Å²) in [5.41, 5.74) is 0.834. The van der Waals surface area contributed by atoms with E-state index in [9.17, 15) is 26.3 Å². The van der Waals surface area contributed by atoms with E-state index < -0.39 is 12.7 Å². The van der Waals surface area contributed by atoms with Gasteiger partial charge in [0.05, 0.1) is 0 Å². The maximum Gasteiger partial charge on any atom is 0.573 e. The fourth-order valence-electron chi connectivity index (χ4n) is 1.62. The van der Waals surface area contributed by atoms with Gasteiger partial charge in [-0.3, -0.25) is 0 Å². The van der Waals surface area contributed by atoms with Crippen LogP contribution in [0.4, 0.5) is 26.3 Å². The van der Waals surface area contributed by atoms with Gasteiger partial charge in [0, 0.05) is 11.1 Å². The van der Waals surface area contributed by atoms with E-state index >= 15 is 0 Å². The molecular formula is C16H8F6O2. The highest BCUT2D eigenvalue weighted by molar-refractivity contribution is 5.45. The highest BCUT2D eigenvalue weighted by Gasteiger charge is 2.31. The van der Waals surface area contributed by atoms with Crippen molar-refractivity contribution in [3.8, 4) is 23.3 Å². The molecule has 0 bridgehead atoms. The first-order valence-electron chi connectivity index (χ1n) is 6.34. The van der Waals surface area contributed by atoms with Gasteiger partial charge in [-0.15, -0.1) is 26.3 Å². The van der Waals surface area contributed by atoms with Crippen molar-refractivity contribution in [2.45, 2.75) is 12.7 Å². The number of rotatable bonds is 2. The minimum atomic E-state index is -4.77. The first-order valence-corrected chi connectivity index (χ1v) is 6.34. The SMILES string of the molecule is FC(F)(F)Oc1ccc(C#Cc2ccc(OC(F)(F)F)cc2)cc1. The molecule has 126 valence electrons. The van der Waals surface area contributed by atoms with Crippen LogP contribution in [0.25, 0.3) is 0 Å². The van der Waals surface area contributed by atoms with E-state index in [1.54, 1.807) is 0 Å². The molecule has 0 fully saturated rings. The predicted molar refractivity (Wildman–Crippen MR) is 72.2 cm³/mol. The number of hydrogen-bond acceptors (Lipinski definition) is 2. The van der Waals surface area contributed by atoms with Crippen LogP contribution in [-0.4, -0.2) is 12.7 Å². The first-order chi connectivity index (χ1) is 11.1. The second-order valence-electron chi connectivity index (χ2n) is 4.39. The van der Waals surface area contributed by atoms with Gasteiger partial charge in [-0.25, -0.2) is 0 Å². The lowest BCUT2D eigenvalue weighted by atomic mass is 10.2. The summed E-state index contributed by atoms with van der Waals surface area (Å²) in [6.45, 7) is 0. The molecule has 0 radical (unpaired) electrons. The van der Waals surface area contributed by atoms with E-state index in [1.807, 2.05) is 0 Å². The van der Waals surface area contributed by atoms with Gasteiger partial charge in [-0.1, -0.05) is 11.8 Å². The fraction of sp³-hybridized carbons (Fsp3) is 0.125. The van der Waals surface area contributed by atoms with Crippen molar-refractivity contribution in [3.05, 3.63) is 59.7 Å². The molecule has 0 saturated heterocycles. The lowest BCUT2D eigenvalue weighted by Crippen LogP contribution is -2.17. The molecule has 0 aromatic heterocycles. The van der Waals surface area contributed by atoms with Crippen LogP contribution >= 0.6 is 0 Å². The molecule has 0 N–H and O–H groups in total. The normalized spacial score (nSPS) is 11.4. The Balaban J connectivity index is 2.04. The van der Waals surface area contributed by atoms with Crippen LogP contribution in [0.3, 0.4) is 0 Å². The van der Waals surface area contributed by atoms with Crippen LogP contribution in [0, 0.1) is 11.8 Å². The van der Waals surface area contributed by atoms with Crippen LogP contribution in [-0.2, 0) is 0 Å². The third kappa shape index (κ3) is 6.12. The van der Waals surface area contributed by atoms with Crippen LogP contribution in [0.15, 0.2) is 48.5 Å². The third-order valence-electron chi connectivity index (χ3n) is 2.53. The molecule has 2 aromatic carbocycles. The summed E-state index contributed by atoms with van der Waals surface area (Å²) in [7, 11) is 0. The Morgan fingerprint density at radius 3 is 1.08 bits per heavy atom. The molecule has 0 aliphatic heterocycles. The molecule has 0 amide bonds. The average molecular weight is 346 g/mol. The Bertz CT molecular complexity index is 670. The minimum absolute atomic E-state index is 0.373. The molecule has 2 aromatic rings. The van der Waals surface area contributed by atoms with E-state index in [0.717, 1.165) is 24.3 Å². The number of halogens is 6. The average Bonchev–Trinajstić information content (AvgIpc) is 2.45. The van der Waals surface area contributed by atoms with Crippen LogP contribution in [0.5, 0.6) is 11.5 Å². The van der Waals surface area contributed by atoms with E-state index in [0.29, 0.717) is 11.1 Å². The lowest BCUT2D eigenvalue weighted by Gasteiger charge is -2.08. The zero-order chi connectivity index (χ0) is 17.8. The van der Waals surface area contributed by atoms with Gasteiger partial charge in [0.2, 0.25) is 0 Å². The van der Waals surface area contributed by atoms with Gasteiger partial charge in [-0.05, 0) is 48.5 Å². The minimum Gasteiger partial charge on any atom is -0.406 e. The second-order valence-corrected chi connectivity index (χ2v) is 4.39. The molecule has 0 aliphatic carbocycles. The second kappa shape index (κ2) is 6.74. The topological polar surface area (TPSA) is 18.5 Å². The fourth-order valence-corrected chi connectivity index (χ4v) is 1.62. The standard InChI is InChI=1S/C16H8F6O2/c17-15(18,19)23-13-7-3-11(4-8-13)1-2-12-5-9-14(10-6-12)24-16(20,21)22/h3-10H. The zero-order valence-electron chi connectivity index (χ0n) is 11.7. The van der Waals surface area contributed by atoms with Crippen molar-refractivity contribution in [1.29, 1.82) is 0 Å². The summed E-state index contributed by atoms with van der Waals surface area (Å²) in [6.07, 6.45) is -9.54. The largest absolute Gasteiger partial charge is 0.573 e. The first kappa shape index (κ1) is 17.5. The van der Waals surface area contributed by atoms with E-state index in [1.165, 1.54) is 24.3 Å². The molecule has 0 spiro atoms. The van der Waals surface area contributed by atoms with Gasteiger partial charge in [-0.2, -0.15) is 0 Å². The van der Waals surface area contributed by atoms with E-state index in [4.69, 9.17) is 0 Å². The van der Waals surface area contributed by atoms with Crippen LogP contribution < -0.4 is 9.47 Å². The summed E-state index contributed by atoms with van der Waals surface area (Å²) >= 11 is 0. The highest BCUT2D eigenvalue weighted by Crippen LogP contribution is 2.23. The Hall–Kier alpha value is -2.82. The van der Waals surface area contributed by atoms with Crippen molar-refractivity contribution in [2.24, 2.45) is 0 Å². The number of ether oxygens (including phenoxy) is 2. The third-order valence-corrected chi connectivity index (χ3v) is 2.53. The maximum absolute atomic E-state index is 12.0. The van der Waals surface area contributed by atoms with Gasteiger partial charge < -0.3 is 9.47 Å². The smallest absolute Gasteiger partial charge is 0.406 e. The molecule has 0 saturated carbocycles. The Kier molecular flexibility index (Phi) is 4.93. The predicted octanol–water partition coefficient (Wildman–Crippen LogP) is 4.88. The molecule has 0 atom stereocenters. The molecule has 24 heavy (non-hydrogen) atoms. The van der Waals surface area contributed by atoms with E-state index in [-0.39, 0.29) is 11.5 Å². The van der Waals surface area contributed by atoms with Gasteiger partial charge in [0.25, 0.3) is 0 Å². The quantitative estimate of drug-likeness (QED) is 0.570. The number of alkyl halides is 6. The van der Waals surface area contributed by atoms with Gasteiger partial charge >= 0.3 is 12.7 Å². The van der Waals surface area contributed by atoms with Crippen molar-refractivity contribution in [3.63, 3.8) is 0 Å². The summed E-state index contributed by atoms with van der Waals surface area (Å²) < 4.78 is 79.5. The molecule has 2 rings (SSSR count). The van der Waals surface area contributed by atoms with E-state index in [2.05, 4.69) is 21.3 Å². The van der Waals surface area contributed by atoms with Crippen molar-refractivity contribution in [1.82, 2.24) is 0 Å². The zero-order valence-corrected chi connectivity index (χ0v) is 11.7. The highest BCUT2D eigenvalue weighted by atomic mass is 19.4. The molecule has 8 heteroatoms. The number of benzene rings is 2. The Morgan fingerprint density at radius 1 is 0.542 bits per heavy atom. The van der Waals surface area contributed by atoms with Gasteiger partial charge in [0.15, 0.2) is 0 Å². The summed E-state index contributed by atoms with van der Waals surface area (Å²) in [6, 6.07) is 9.75. The summed E-state index contributed by atoms with van der Waals surface area (Å²) in [5, 5.41) is 0. The summed E-state index contributed by atoms with van der Waals surface area (Å²) in [4.78, 5) is 0. The van der Waals surface area contributed by atoms with Crippen LogP contribution in [0.1, 0.15) is 11.1 Å². The van der Waals surface area contributed by atoms with Crippen molar-refractivity contribution >= 4 is 0 Å².